The summed E-state index contributed by atoms with van der Waals surface area (Å²) < 4.78 is 7.15. The Hall–Kier alpha value is -3.12. The molecule has 3 aromatic rings. The second kappa shape index (κ2) is 9.89. The van der Waals surface area contributed by atoms with Gasteiger partial charge < -0.3 is 15.0 Å². The third kappa shape index (κ3) is 5.68. The average molecular weight is 393 g/mol. The van der Waals surface area contributed by atoms with Crippen LogP contribution in [0.4, 0.5) is 0 Å². The number of carbonyl (C=O) groups excluding carboxylic acids is 1. The predicted octanol–water partition coefficient (Wildman–Crippen LogP) is 3.23. The van der Waals surface area contributed by atoms with Gasteiger partial charge in [0, 0.05) is 19.2 Å². The number of aryl methyl sites for hydroxylation is 1. The number of hydrogen-bond donors (Lipinski definition) is 1. The molecule has 0 saturated carbocycles. The van der Waals surface area contributed by atoms with Crippen molar-refractivity contribution >= 4 is 5.91 Å². The Morgan fingerprint density at radius 1 is 1.17 bits per heavy atom. The topological polar surface area (TPSA) is 59.4 Å². The van der Waals surface area contributed by atoms with Gasteiger partial charge in [-0.05, 0) is 55.9 Å². The number of nitrogens with zero attached hydrogens (tertiary/aromatic N) is 3. The van der Waals surface area contributed by atoms with Gasteiger partial charge in [0.05, 0.1) is 25.0 Å². The van der Waals surface area contributed by atoms with Gasteiger partial charge >= 0.3 is 0 Å². The first-order valence-electron chi connectivity index (χ1n) is 9.73. The van der Waals surface area contributed by atoms with Gasteiger partial charge in [0.2, 0.25) is 5.91 Å². The fourth-order valence-electron chi connectivity index (χ4n) is 3.22. The number of benzene rings is 2. The van der Waals surface area contributed by atoms with Gasteiger partial charge in [-0.25, -0.2) is 4.68 Å². The highest BCUT2D eigenvalue weighted by Crippen LogP contribution is 2.22. The standard InChI is InChI=1S/C23H28N4O2/c1-26(2)22(19-8-7-11-21(14-19)29-3)16-24-23(28)13-12-18-15-25-27(17-18)20-9-5-4-6-10-20/h4-11,14-15,17,22H,12-13,16H2,1-3H3,(H,24,28). The van der Waals surface area contributed by atoms with Gasteiger partial charge in [-0.2, -0.15) is 5.10 Å². The molecule has 29 heavy (non-hydrogen) atoms. The number of ether oxygens (including phenoxy) is 1. The summed E-state index contributed by atoms with van der Waals surface area (Å²) in [6.45, 7) is 0.544. The van der Waals surface area contributed by atoms with E-state index in [0.717, 1.165) is 22.6 Å². The lowest BCUT2D eigenvalue weighted by atomic mass is 10.1. The molecule has 152 valence electrons. The Bertz CT molecular complexity index is 921. The van der Waals surface area contributed by atoms with Gasteiger partial charge in [0.25, 0.3) is 0 Å². The number of hydrogen-bond acceptors (Lipinski definition) is 4. The van der Waals surface area contributed by atoms with Crippen LogP contribution in [0.2, 0.25) is 0 Å². The summed E-state index contributed by atoms with van der Waals surface area (Å²) in [4.78, 5) is 14.5. The van der Waals surface area contributed by atoms with E-state index in [1.807, 2.05) is 79.7 Å². The normalized spacial score (nSPS) is 12.0. The van der Waals surface area contributed by atoms with E-state index >= 15 is 0 Å². The van der Waals surface area contributed by atoms with Crippen molar-refractivity contribution in [2.45, 2.75) is 18.9 Å². The van der Waals surface area contributed by atoms with E-state index in [1.54, 1.807) is 7.11 Å². The maximum atomic E-state index is 12.4. The van der Waals surface area contributed by atoms with Crippen molar-refractivity contribution in [2.24, 2.45) is 0 Å². The van der Waals surface area contributed by atoms with Crippen LogP contribution in [0.15, 0.2) is 67.0 Å². The lowest BCUT2D eigenvalue weighted by Gasteiger charge is -2.25. The number of para-hydroxylation sites is 1. The molecule has 0 saturated heterocycles. The SMILES string of the molecule is COc1cccc(C(CNC(=O)CCc2cnn(-c3ccccc3)c2)N(C)C)c1. The zero-order chi connectivity index (χ0) is 20.6. The first-order valence-corrected chi connectivity index (χ1v) is 9.73. The van der Waals surface area contributed by atoms with Crippen LogP contribution in [-0.2, 0) is 11.2 Å². The van der Waals surface area contributed by atoms with Crippen LogP contribution in [0, 0.1) is 0 Å². The van der Waals surface area contributed by atoms with Crippen LogP contribution >= 0.6 is 0 Å². The Morgan fingerprint density at radius 2 is 1.97 bits per heavy atom. The number of likely N-dealkylation sites (N-methyl/N-ethyl adjacent to an activating group) is 1. The zero-order valence-corrected chi connectivity index (χ0v) is 17.2. The average Bonchev–Trinajstić information content (AvgIpc) is 3.22. The lowest BCUT2D eigenvalue weighted by molar-refractivity contribution is -0.121. The van der Waals surface area contributed by atoms with E-state index in [1.165, 1.54) is 0 Å². The fourth-order valence-corrected chi connectivity index (χ4v) is 3.22. The predicted molar refractivity (Wildman–Crippen MR) is 114 cm³/mol. The monoisotopic (exact) mass is 392 g/mol. The molecule has 1 unspecified atom stereocenters. The first kappa shape index (κ1) is 20.6. The van der Waals surface area contributed by atoms with Gasteiger partial charge in [-0.1, -0.05) is 30.3 Å². The van der Waals surface area contributed by atoms with Crippen LogP contribution in [-0.4, -0.2) is 48.3 Å². The molecule has 1 atom stereocenters. The van der Waals surface area contributed by atoms with Gasteiger partial charge in [-0.3, -0.25) is 4.79 Å². The molecule has 1 heterocycles. The molecule has 1 aromatic heterocycles. The lowest BCUT2D eigenvalue weighted by Crippen LogP contribution is -2.34. The smallest absolute Gasteiger partial charge is 0.220 e. The largest absolute Gasteiger partial charge is 0.497 e. The first-order chi connectivity index (χ1) is 14.1. The van der Waals surface area contributed by atoms with E-state index in [-0.39, 0.29) is 11.9 Å². The molecule has 0 radical (unpaired) electrons. The molecule has 3 rings (SSSR count). The molecular formula is C23H28N4O2. The third-order valence-electron chi connectivity index (χ3n) is 4.89. The van der Waals surface area contributed by atoms with Crippen molar-refractivity contribution in [3.63, 3.8) is 0 Å². The maximum absolute atomic E-state index is 12.4. The van der Waals surface area contributed by atoms with Crippen molar-refractivity contribution in [3.8, 4) is 11.4 Å². The van der Waals surface area contributed by atoms with Gasteiger partial charge in [0.15, 0.2) is 0 Å². The zero-order valence-electron chi connectivity index (χ0n) is 17.2. The summed E-state index contributed by atoms with van der Waals surface area (Å²) in [5.74, 6) is 0.850. The summed E-state index contributed by atoms with van der Waals surface area (Å²) in [6.07, 6.45) is 4.88. The van der Waals surface area contributed by atoms with Gasteiger partial charge in [0.1, 0.15) is 5.75 Å². The van der Waals surface area contributed by atoms with Crippen molar-refractivity contribution in [1.82, 2.24) is 20.0 Å². The minimum absolute atomic E-state index is 0.0345. The number of methoxy groups -OCH3 is 1. The molecule has 0 aliphatic rings. The van der Waals surface area contributed by atoms with Crippen molar-refractivity contribution in [2.75, 3.05) is 27.7 Å². The second-order valence-corrected chi connectivity index (χ2v) is 7.19. The number of rotatable bonds is 9. The van der Waals surface area contributed by atoms with E-state index in [9.17, 15) is 4.79 Å². The van der Waals surface area contributed by atoms with E-state index in [2.05, 4.69) is 21.4 Å². The van der Waals surface area contributed by atoms with Crippen LogP contribution in [0.1, 0.15) is 23.6 Å². The molecular weight excluding hydrogens is 364 g/mol. The van der Waals surface area contributed by atoms with Crippen molar-refractivity contribution < 1.29 is 9.53 Å². The minimum atomic E-state index is 0.0345. The third-order valence-corrected chi connectivity index (χ3v) is 4.89. The highest BCUT2D eigenvalue weighted by Gasteiger charge is 2.16. The summed E-state index contributed by atoms with van der Waals surface area (Å²) in [6, 6.07) is 18.0. The van der Waals surface area contributed by atoms with E-state index in [0.29, 0.717) is 19.4 Å². The van der Waals surface area contributed by atoms with E-state index < -0.39 is 0 Å². The molecule has 0 spiro atoms. The highest BCUT2D eigenvalue weighted by molar-refractivity contribution is 5.76. The molecule has 2 aromatic carbocycles. The Morgan fingerprint density at radius 3 is 2.69 bits per heavy atom. The van der Waals surface area contributed by atoms with Gasteiger partial charge in [-0.15, -0.1) is 0 Å². The molecule has 1 amide bonds. The molecule has 0 aliphatic carbocycles. The summed E-state index contributed by atoms with van der Waals surface area (Å²) in [7, 11) is 5.67. The summed E-state index contributed by atoms with van der Waals surface area (Å²) >= 11 is 0. The van der Waals surface area contributed by atoms with E-state index in [4.69, 9.17) is 4.74 Å². The molecule has 0 fully saturated rings. The van der Waals surface area contributed by atoms with Crippen LogP contribution in [0.25, 0.3) is 5.69 Å². The molecule has 0 aliphatic heterocycles. The van der Waals surface area contributed by atoms with Crippen LogP contribution < -0.4 is 10.1 Å². The Kier molecular flexibility index (Phi) is 7.03. The molecule has 6 nitrogen and oxygen atoms in total. The number of amides is 1. The number of nitrogens with one attached hydrogen (secondary N) is 1. The van der Waals surface area contributed by atoms with Crippen LogP contribution in [0.3, 0.4) is 0 Å². The molecule has 0 bridgehead atoms. The van der Waals surface area contributed by atoms with Crippen molar-refractivity contribution in [3.05, 3.63) is 78.1 Å². The Balaban J connectivity index is 1.53. The Labute approximate surface area is 172 Å². The number of aromatic nitrogens is 2. The van der Waals surface area contributed by atoms with Crippen molar-refractivity contribution in [1.29, 1.82) is 0 Å². The number of carbonyl (C=O) groups is 1. The molecule has 1 N–H and O–H groups in total. The second-order valence-electron chi connectivity index (χ2n) is 7.19. The summed E-state index contributed by atoms with van der Waals surface area (Å²) in [5, 5.41) is 7.44. The quantitative estimate of drug-likeness (QED) is 0.607. The molecule has 6 heteroatoms. The maximum Gasteiger partial charge on any atom is 0.220 e. The summed E-state index contributed by atoms with van der Waals surface area (Å²) in [5.41, 5.74) is 3.16. The fraction of sp³-hybridized carbons (Fsp3) is 0.304. The minimum Gasteiger partial charge on any atom is -0.497 e. The highest BCUT2D eigenvalue weighted by atomic mass is 16.5. The van der Waals surface area contributed by atoms with Crippen LogP contribution in [0.5, 0.6) is 5.75 Å².